The van der Waals surface area contributed by atoms with Crippen LogP contribution >= 0.6 is 35.3 Å². The molecule has 0 radical (unpaired) electrons. The van der Waals surface area contributed by atoms with E-state index in [1.54, 1.807) is 0 Å². The number of thioether (sulfide) groups is 3. The molecule has 0 aromatic rings. The molecule has 6 N–H and O–H groups in total. The van der Waals surface area contributed by atoms with Crippen LogP contribution in [0.25, 0.3) is 0 Å². The van der Waals surface area contributed by atoms with Gasteiger partial charge in [-0.2, -0.15) is 0 Å². The van der Waals surface area contributed by atoms with E-state index in [0.717, 1.165) is 56.9 Å². The van der Waals surface area contributed by atoms with Crippen molar-refractivity contribution in [3.05, 3.63) is 0 Å². The van der Waals surface area contributed by atoms with E-state index in [4.69, 9.17) is 0 Å². The second-order valence-electron chi connectivity index (χ2n) is 17.3. The summed E-state index contributed by atoms with van der Waals surface area (Å²) in [6.45, 7) is 1.68. The SMILES string of the molecule is CONC(=O)CCN1C(=O)CC(SC[C@H](NC(C)=O)C(=O)CCC(=O)N[C@@H](CSC2CC(=O)N(CCC(=O)NOC)C2=O)C(=O)CCC(=O)N[C@@H](CSC2CC(=O)N(CCC(=O)NOC)C2=O)C(=O)CCC(C)=O)C1=O. The van der Waals surface area contributed by atoms with Gasteiger partial charge >= 0.3 is 0 Å². The maximum Gasteiger partial charge on any atom is 0.245 e. The summed E-state index contributed by atoms with van der Waals surface area (Å²) in [5.74, 6) is -10.7. The zero-order chi connectivity index (χ0) is 56.6. The standard InChI is InChI=1S/C45H63N9O19S3/c1-24(55)6-7-29(57)27(22-75-33-19-41(66)53(44(33)69)16-13-38(63)50-72-4)47-36(61)11-9-31(59)28(23-76-34-20-42(67)54(45(34)70)17-14-39(64)51-73-5)48-35(60)10-8-30(58)26(46-25(2)56)21-74-32-18-40(65)52(43(32)68)15-12-37(62)49-71-3/h26-28,32-34H,6-23H2,1-5H3,(H,46,56)(H,47,61)(H,48,60)(H,49,62)(H,50,63)(H,51,64)/t26-,27-,28-,32?,33?,34?/m0/s1. The van der Waals surface area contributed by atoms with Gasteiger partial charge in [-0.05, 0) is 6.92 Å². The van der Waals surface area contributed by atoms with Gasteiger partial charge in [0.25, 0.3) is 0 Å². The van der Waals surface area contributed by atoms with Gasteiger partial charge < -0.3 is 20.7 Å². The summed E-state index contributed by atoms with van der Waals surface area (Å²) in [5.41, 5.74) is 6.24. The lowest BCUT2D eigenvalue weighted by Crippen LogP contribution is -2.46. The molecule has 420 valence electrons. The number of carbonyl (C=O) groups excluding carboxylic acids is 16. The molecule has 3 unspecified atom stereocenters. The maximum absolute atomic E-state index is 13.9. The van der Waals surface area contributed by atoms with Crippen molar-refractivity contribution < 1.29 is 91.2 Å². The van der Waals surface area contributed by atoms with Crippen LogP contribution in [0.15, 0.2) is 0 Å². The fourth-order valence-electron chi connectivity index (χ4n) is 7.54. The van der Waals surface area contributed by atoms with Crippen LogP contribution in [0, 0.1) is 0 Å². The highest BCUT2D eigenvalue weighted by atomic mass is 32.2. The van der Waals surface area contributed by atoms with Crippen LogP contribution < -0.4 is 32.4 Å². The van der Waals surface area contributed by atoms with Gasteiger partial charge in [0.15, 0.2) is 17.3 Å². The highest BCUT2D eigenvalue weighted by Gasteiger charge is 2.42. The molecule has 76 heavy (non-hydrogen) atoms. The first-order chi connectivity index (χ1) is 36.0. The predicted molar refractivity (Wildman–Crippen MR) is 267 cm³/mol. The quantitative estimate of drug-likeness (QED) is 0.0267. The second-order valence-corrected chi connectivity index (χ2v) is 21.0. The average Bonchev–Trinajstić information content (AvgIpc) is 3.91. The van der Waals surface area contributed by atoms with Gasteiger partial charge in [0.2, 0.25) is 70.9 Å². The molecule has 0 bridgehead atoms. The van der Waals surface area contributed by atoms with Crippen LogP contribution in [0.5, 0.6) is 0 Å². The Balaban J connectivity index is 1.71. The van der Waals surface area contributed by atoms with Gasteiger partial charge in [-0.15, -0.1) is 35.3 Å². The number of imide groups is 3. The monoisotopic (exact) mass is 1130 g/mol. The highest BCUT2D eigenvalue weighted by molar-refractivity contribution is 8.01. The molecule has 0 spiro atoms. The summed E-state index contributed by atoms with van der Waals surface area (Å²) in [6.07, 6.45) is -4.12. The molecule has 0 saturated carbocycles. The Morgan fingerprint density at radius 3 is 1.00 bits per heavy atom. The molecule has 12 amide bonds. The molecule has 31 heteroatoms. The molecule has 3 fully saturated rings. The van der Waals surface area contributed by atoms with Crippen molar-refractivity contribution in [1.82, 2.24) is 47.1 Å². The number of Topliss-reactive ketones (excluding diaryl/α,β-unsaturated/α-hetero) is 4. The molecule has 3 aliphatic rings. The van der Waals surface area contributed by atoms with Crippen molar-refractivity contribution in [3.8, 4) is 0 Å². The largest absolute Gasteiger partial charge is 0.346 e. The van der Waals surface area contributed by atoms with Crippen molar-refractivity contribution in [1.29, 1.82) is 0 Å². The fraction of sp³-hybridized carbons (Fsp3) is 0.644. The Hall–Kier alpha value is -6.15. The van der Waals surface area contributed by atoms with Crippen LogP contribution in [0.1, 0.15) is 90.9 Å². The third-order valence-electron chi connectivity index (χ3n) is 11.5. The Bertz CT molecular complexity index is 2270. The number of amides is 12. The fourth-order valence-corrected chi connectivity index (χ4v) is 11.2. The summed E-state index contributed by atoms with van der Waals surface area (Å²) in [6, 6.07) is -3.95. The van der Waals surface area contributed by atoms with Crippen LogP contribution in [-0.4, -0.2) is 201 Å². The number of nitrogens with one attached hydrogen (secondary N) is 6. The number of likely N-dealkylation sites (tertiary alicyclic amines) is 3. The second kappa shape index (κ2) is 32.4. The van der Waals surface area contributed by atoms with Gasteiger partial charge in [-0.1, -0.05) is 0 Å². The van der Waals surface area contributed by atoms with Crippen LogP contribution in [0.4, 0.5) is 0 Å². The van der Waals surface area contributed by atoms with Crippen molar-refractivity contribution >= 4 is 129 Å². The first kappa shape index (κ1) is 64.1. The zero-order valence-electron chi connectivity index (χ0n) is 42.5. The smallest absolute Gasteiger partial charge is 0.245 e. The lowest BCUT2D eigenvalue weighted by atomic mass is 10.1. The summed E-state index contributed by atoms with van der Waals surface area (Å²) in [4.78, 5) is 221. The third-order valence-corrected chi connectivity index (χ3v) is 15.4. The minimum absolute atomic E-state index is 0.165. The number of hydrogen-bond acceptors (Lipinski definition) is 22. The van der Waals surface area contributed by atoms with Crippen molar-refractivity contribution in [2.24, 2.45) is 0 Å². The van der Waals surface area contributed by atoms with E-state index in [0.29, 0.717) is 0 Å². The number of hydroxylamine groups is 3. The van der Waals surface area contributed by atoms with E-state index in [1.165, 1.54) is 28.3 Å². The van der Waals surface area contributed by atoms with E-state index >= 15 is 0 Å². The molecular weight excluding hydrogens is 1070 g/mol. The summed E-state index contributed by atoms with van der Waals surface area (Å²) >= 11 is 2.65. The van der Waals surface area contributed by atoms with Gasteiger partial charge in [0.05, 0.1) is 55.2 Å². The Morgan fingerprint density at radius 2 is 0.724 bits per heavy atom. The summed E-state index contributed by atoms with van der Waals surface area (Å²) < 4.78 is 0. The highest BCUT2D eigenvalue weighted by Crippen LogP contribution is 2.29. The lowest BCUT2D eigenvalue weighted by Gasteiger charge is -2.21. The molecule has 3 heterocycles. The first-order valence-corrected chi connectivity index (χ1v) is 26.9. The average molecular weight is 1130 g/mol. The molecule has 0 aliphatic carbocycles. The van der Waals surface area contributed by atoms with Gasteiger partial charge in [-0.25, -0.2) is 16.4 Å². The molecule has 3 saturated heterocycles. The first-order valence-electron chi connectivity index (χ1n) is 23.8. The molecule has 0 aromatic heterocycles. The van der Waals surface area contributed by atoms with Crippen LogP contribution in [-0.2, 0) is 91.2 Å². The Labute approximate surface area is 449 Å². The number of carbonyl (C=O) groups is 16. The van der Waals surface area contributed by atoms with Gasteiger partial charge in [0.1, 0.15) is 5.78 Å². The summed E-state index contributed by atoms with van der Waals surface area (Å²) in [5, 5.41) is 4.57. The number of nitrogens with zero attached hydrogens (tertiary/aromatic N) is 3. The van der Waals surface area contributed by atoms with Crippen molar-refractivity contribution in [2.75, 3.05) is 58.2 Å². The molecule has 6 atom stereocenters. The number of rotatable bonds is 36. The topological polar surface area (TPSA) is 383 Å². The van der Waals surface area contributed by atoms with E-state index < -0.39 is 148 Å². The predicted octanol–water partition coefficient (Wildman–Crippen LogP) is -3.12. The van der Waals surface area contributed by atoms with E-state index in [-0.39, 0.29) is 94.0 Å². The van der Waals surface area contributed by atoms with Gasteiger partial charge in [-0.3, -0.25) is 101 Å². The molecule has 3 rings (SSSR count). The van der Waals surface area contributed by atoms with Gasteiger partial charge in [0, 0.05) is 121 Å². The molecule has 0 aromatic carbocycles. The van der Waals surface area contributed by atoms with Crippen molar-refractivity contribution in [2.45, 2.75) is 125 Å². The maximum atomic E-state index is 13.9. The van der Waals surface area contributed by atoms with Crippen molar-refractivity contribution in [3.63, 3.8) is 0 Å². The minimum atomic E-state index is -1.43. The summed E-state index contributed by atoms with van der Waals surface area (Å²) in [7, 11) is 3.63. The normalized spacial score (nSPS) is 18.5. The number of hydrogen-bond donors (Lipinski definition) is 6. The zero-order valence-corrected chi connectivity index (χ0v) is 45.0. The molecular formula is C45H63N9O19S3. The van der Waals surface area contributed by atoms with E-state index in [1.807, 2.05) is 0 Å². The number of ketones is 4. The molecule has 28 nitrogen and oxygen atoms in total. The molecule has 3 aliphatic heterocycles. The van der Waals surface area contributed by atoms with Crippen LogP contribution in [0.2, 0.25) is 0 Å². The lowest BCUT2D eigenvalue weighted by molar-refractivity contribution is -0.141. The minimum Gasteiger partial charge on any atom is -0.346 e. The Morgan fingerprint density at radius 1 is 0.434 bits per heavy atom. The van der Waals surface area contributed by atoms with E-state index in [2.05, 4.69) is 46.9 Å². The van der Waals surface area contributed by atoms with Crippen LogP contribution in [0.3, 0.4) is 0 Å². The van der Waals surface area contributed by atoms with E-state index in [9.17, 15) is 76.7 Å². The third kappa shape index (κ3) is 21.1. The Kier molecular flexibility index (Phi) is 27.4.